The first-order valence-corrected chi connectivity index (χ1v) is 2.66. The summed E-state index contributed by atoms with van der Waals surface area (Å²) in [7, 11) is 1.34. The van der Waals surface area contributed by atoms with Crippen molar-refractivity contribution in [2.45, 2.75) is 12.5 Å². The Balaban J connectivity index is 0. The van der Waals surface area contributed by atoms with Crippen molar-refractivity contribution in [1.29, 1.82) is 0 Å². The molecule has 11 heavy (non-hydrogen) atoms. The van der Waals surface area contributed by atoms with Gasteiger partial charge in [-0.3, -0.25) is 0 Å². The van der Waals surface area contributed by atoms with Gasteiger partial charge in [0.25, 0.3) is 0 Å². The third kappa shape index (κ3) is 6.55. The molecule has 0 bridgehead atoms. The van der Waals surface area contributed by atoms with Crippen molar-refractivity contribution >= 4 is 49.7 Å². The van der Waals surface area contributed by atoms with Gasteiger partial charge in [0.15, 0.2) is 0 Å². The summed E-state index contributed by atoms with van der Waals surface area (Å²) in [5.74, 6) is -2.85. The van der Waals surface area contributed by atoms with Gasteiger partial charge in [0.05, 0.1) is 12.0 Å². The second-order valence-corrected chi connectivity index (χ2v) is 1.74. The SMILES string of the molecule is CN[C@H](CC(=O)[O-])C(=O)[O-].[Ca+2]. The van der Waals surface area contributed by atoms with Crippen molar-refractivity contribution < 1.29 is 19.8 Å². The fourth-order valence-electron chi connectivity index (χ4n) is 0.470. The molecule has 58 valence electrons. The van der Waals surface area contributed by atoms with Gasteiger partial charge in [-0.1, -0.05) is 0 Å². The first-order chi connectivity index (χ1) is 4.57. The van der Waals surface area contributed by atoms with Gasteiger partial charge < -0.3 is 25.1 Å². The molecular formula is C5H7CaNO4. The van der Waals surface area contributed by atoms with E-state index in [2.05, 4.69) is 5.32 Å². The third-order valence-corrected chi connectivity index (χ3v) is 1.00. The molecular weight excluding hydrogens is 178 g/mol. The summed E-state index contributed by atoms with van der Waals surface area (Å²) in [5, 5.41) is 22.1. The largest absolute Gasteiger partial charge is 2.00 e. The van der Waals surface area contributed by atoms with Crippen LogP contribution >= 0.6 is 0 Å². The smallest absolute Gasteiger partial charge is 0.550 e. The second-order valence-electron chi connectivity index (χ2n) is 1.74. The van der Waals surface area contributed by atoms with Gasteiger partial charge in [-0.2, -0.15) is 0 Å². The van der Waals surface area contributed by atoms with Gasteiger partial charge in [-0.15, -0.1) is 0 Å². The van der Waals surface area contributed by atoms with E-state index in [1.807, 2.05) is 0 Å². The van der Waals surface area contributed by atoms with E-state index in [4.69, 9.17) is 0 Å². The van der Waals surface area contributed by atoms with E-state index in [0.717, 1.165) is 0 Å². The number of rotatable bonds is 4. The van der Waals surface area contributed by atoms with Crippen molar-refractivity contribution in [3.63, 3.8) is 0 Å². The normalized spacial score (nSPS) is 11.4. The van der Waals surface area contributed by atoms with Crippen LogP contribution in [0.25, 0.3) is 0 Å². The van der Waals surface area contributed by atoms with E-state index >= 15 is 0 Å². The topological polar surface area (TPSA) is 92.3 Å². The number of carboxylic acid groups (broad SMARTS) is 2. The molecule has 0 fully saturated rings. The minimum atomic E-state index is -1.44. The van der Waals surface area contributed by atoms with Crippen LogP contribution in [0.3, 0.4) is 0 Å². The Kier molecular flexibility index (Phi) is 8.54. The molecule has 0 radical (unpaired) electrons. The summed E-state index contributed by atoms with van der Waals surface area (Å²) in [4.78, 5) is 19.8. The molecule has 0 aliphatic heterocycles. The average Bonchev–Trinajstić information content (AvgIpc) is 1.81. The summed E-state index contributed by atoms with van der Waals surface area (Å²) in [6.07, 6.45) is -0.571. The maximum Gasteiger partial charge on any atom is 2.00 e. The van der Waals surface area contributed by atoms with E-state index in [1.54, 1.807) is 0 Å². The predicted octanol–water partition coefficient (Wildman–Crippen LogP) is -3.92. The molecule has 0 aliphatic rings. The number of hydrogen-bond donors (Lipinski definition) is 1. The predicted molar refractivity (Wildman–Crippen MR) is 33.2 cm³/mol. The summed E-state index contributed by atoms with van der Waals surface area (Å²) in [5.41, 5.74) is 0. The zero-order valence-corrected chi connectivity index (χ0v) is 8.33. The summed E-state index contributed by atoms with van der Waals surface area (Å²) in [6.45, 7) is 0. The molecule has 5 nitrogen and oxygen atoms in total. The maximum absolute atomic E-state index is 10.0. The summed E-state index contributed by atoms with van der Waals surface area (Å²) in [6, 6.07) is -1.16. The second kappa shape index (κ2) is 6.84. The van der Waals surface area contributed by atoms with Crippen LogP contribution in [0.2, 0.25) is 0 Å². The fraction of sp³-hybridized carbons (Fsp3) is 0.600. The molecule has 6 heteroatoms. The molecule has 0 amide bonds. The van der Waals surface area contributed by atoms with Crippen LogP contribution in [0.4, 0.5) is 0 Å². The van der Waals surface area contributed by atoms with Gasteiger partial charge in [-0.05, 0) is 7.05 Å². The molecule has 1 N–H and O–H groups in total. The van der Waals surface area contributed by atoms with Crippen LogP contribution in [0.5, 0.6) is 0 Å². The first kappa shape index (κ1) is 13.7. The zero-order chi connectivity index (χ0) is 8.15. The van der Waals surface area contributed by atoms with Gasteiger partial charge in [0, 0.05) is 12.4 Å². The van der Waals surface area contributed by atoms with Crippen molar-refractivity contribution in [2.24, 2.45) is 0 Å². The van der Waals surface area contributed by atoms with Crippen LogP contribution in [0.15, 0.2) is 0 Å². The van der Waals surface area contributed by atoms with Crippen molar-refractivity contribution in [3.8, 4) is 0 Å². The Hall–Kier alpha value is 0.160. The minimum absolute atomic E-state index is 0. The van der Waals surface area contributed by atoms with Crippen molar-refractivity contribution in [1.82, 2.24) is 5.32 Å². The molecule has 0 saturated heterocycles. The molecule has 0 aliphatic carbocycles. The zero-order valence-electron chi connectivity index (χ0n) is 6.12. The van der Waals surface area contributed by atoms with E-state index in [0.29, 0.717) is 0 Å². The maximum atomic E-state index is 10.0. The van der Waals surface area contributed by atoms with Crippen LogP contribution in [-0.2, 0) is 9.59 Å². The van der Waals surface area contributed by atoms with Crippen LogP contribution in [0.1, 0.15) is 6.42 Å². The minimum Gasteiger partial charge on any atom is -0.550 e. The molecule has 0 aromatic rings. The van der Waals surface area contributed by atoms with Gasteiger partial charge in [0.1, 0.15) is 0 Å². The van der Waals surface area contributed by atoms with Gasteiger partial charge >= 0.3 is 37.7 Å². The Morgan fingerprint density at radius 1 is 1.45 bits per heavy atom. The summed E-state index contributed by atoms with van der Waals surface area (Å²) >= 11 is 0. The quantitative estimate of drug-likeness (QED) is 0.452. The number of likely N-dealkylation sites (N-methyl/N-ethyl adjacent to an activating group) is 1. The number of carbonyl (C=O) groups excluding carboxylic acids is 2. The standard InChI is InChI=1S/C5H9NO4.Ca/c1-6-3(5(9)10)2-4(7)8;/h3,6H,2H2,1H3,(H,7,8)(H,9,10);/q;+2/p-2/t3-;/m1./s1. The first-order valence-electron chi connectivity index (χ1n) is 2.66. The number of aliphatic carboxylic acids is 2. The molecule has 0 spiro atoms. The Morgan fingerprint density at radius 3 is 2.00 bits per heavy atom. The molecule has 0 aromatic carbocycles. The number of hydrogen-bond acceptors (Lipinski definition) is 5. The Labute approximate surface area is 93.8 Å². The van der Waals surface area contributed by atoms with Crippen molar-refractivity contribution in [3.05, 3.63) is 0 Å². The van der Waals surface area contributed by atoms with Crippen LogP contribution in [0, 0.1) is 0 Å². The summed E-state index contributed by atoms with van der Waals surface area (Å²) < 4.78 is 0. The van der Waals surface area contributed by atoms with Crippen LogP contribution in [-0.4, -0.2) is 62.8 Å². The number of nitrogens with one attached hydrogen (secondary N) is 1. The molecule has 0 aromatic heterocycles. The van der Waals surface area contributed by atoms with Gasteiger partial charge in [0.2, 0.25) is 0 Å². The number of carbonyl (C=O) groups is 2. The van der Waals surface area contributed by atoms with Gasteiger partial charge in [-0.25, -0.2) is 0 Å². The fourth-order valence-corrected chi connectivity index (χ4v) is 0.470. The Morgan fingerprint density at radius 2 is 1.91 bits per heavy atom. The van der Waals surface area contributed by atoms with Crippen LogP contribution < -0.4 is 15.5 Å². The molecule has 0 rings (SSSR count). The molecule has 1 atom stereocenters. The average molecular weight is 185 g/mol. The molecule has 0 saturated carbocycles. The monoisotopic (exact) mass is 185 g/mol. The Bertz CT molecular complexity index is 149. The molecule has 0 unspecified atom stereocenters. The van der Waals surface area contributed by atoms with E-state index in [-0.39, 0.29) is 37.7 Å². The third-order valence-electron chi connectivity index (χ3n) is 1.00. The number of carboxylic acids is 2. The van der Waals surface area contributed by atoms with E-state index in [1.165, 1.54) is 7.05 Å². The van der Waals surface area contributed by atoms with Crippen molar-refractivity contribution in [2.75, 3.05) is 7.05 Å². The molecule has 0 heterocycles. The van der Waals surface area contributed by atoms with E-state index in [9.17, 15) is 19.8 Å². The van der Waals surface area contributed by atoms with E-state index < -0.39 is 24.4 Å².